The smallest absolute Gasteiger partial charge is 0.338 e. The Hall–Kier alpha value is -1.89. The molecule has 0 heterocycles. The van der Waals surface area contributed by atoms with Crippen LogP contribution in [0.5, 0.6) is 0 Å². The predicted octanol–water partition coefficient (Wildman–Crippen LogP) is 2.04. The molecule has 4 nitrogen and oxygen atoms in total. The zero-order valence-electron chi connectivity index (χ0n) is 7.44. The first-order valence-electron chi connectivity index (χ1n) is 3.94. The summed E-state index contributed by atoms with van der Waals surface area (Å²) in [4.78, 5) is 0. The van der Waals surface area contributed by atoms with E-state index in [9.17, 15) is 0 Å². The van der Waals surface area contributed by atoms with Crippen LogP contribution >= 0.6 is 0 Å². The second-order valence-corrected chi connectivity index (χ2v) is 2.84. The van der Waals surface area contributed by atoms with Crippen LogP contribution in [0.4, 0.5) is 5.69 Å². The predicted molar refractivity (Wildman–Crippen MR) is 52.8 cm³/mol. The number of benzene rings is 1. The number of hydrogen-bond donors (Lipinski definition) is 1. The number of anilines is 1. The van der Waals surface area contributed by atoms with Crippen molar-refractivity contribution in [3.63, 3.8) is 0 Å². The third-order valence-electron chi connectivity index (χ3n) is 1.66. The number of nitrogen functional groups attached to an aromatic ring is 1. The SMILES string of the molecule is C/C(Cc1ccc(N)cc1)=N\[N+]#N. The maximum absolute atomic E-state index is 8.18. The molecule has 0 aromatic heterocycles. The molecule has 0 bridgehead atoms. The summed E-state index contributed by atoms with van der Waals surface area (Å²) in [6.07, 6.45) is 0.671. The highest BCUT2D eigenvalue weighted by atomic mass is 15.2. The summed E-state index contributed by atoms with van der Waals surface area (Å²) in [5.41, 5.74) is 8.12. The van der Waals surface area contributed by atoms with Crippen LogP contribution in [-0.2, 0) is 6.42 Å². The zero-order chi connectivity index (χ0) is 9.68. The largest absolute Gasteiger partial charge is 0.399 e. The van der Waals surface area contributed by atoms with Gasteiger partial charge < -0.3 is 5.73 Å². The van der Waals surface area contributed by atoms with Gasteiger partial charge in [-0.1, -0.05) is 12.1 Å². The van der Waals surface area contributed by atoms with Crippen LogP contribution in [0.3, 0.4) is 0 Å². The van der Waals surface area contributed by atoms with E-state index in [0.29, 0.717) is 6.42 Å². The Kier molecular flexibility index (Phi) is 2.98. The van der Waals surface area contributed by atoms with Crippen molar-refractivity contribution in [2.24, 2.45) is 5.10 Å². The van der Waals surface area contributed by atoms with Crippen molar-refractivity contribution >= 4 is 11.4 Å². The van der Waals surface area contributed by atoms with Gasteiger partial charge in [0.05, 0.1) is 0 Å². The lowest BCUT2D eigenvalue weighted by molar-refractivity contribution is 1.26. The molecule has 1 aromatic carbocycles. The normalized spacial score (nSPS) is 10.9. The molecule has 0 saturated heterocycles. The van der Waals surface area contributed by atoms with Gasteiger partial charge in [-0.05, 0) is 24.6 Å². The topological polar surface area (TPSA) is 66.5 Å². The lowest BCUT2D eigenvalue weighted by Gasteiger charge is -1.97. The molecule has 0 atom stereocenters. The minimum Gasteiger partial charge on any atom is -0.399 e. The van der Waals surface area contributed by atoms with Crippen molar-refractivity contribution in [2.75, 3.05) is 5.73 Å². The Morgan fingerprint density at radius 3 is 2.62 bits per heavy atom. The Morgan fingerprint density at radius 1 is 1.46 bits per heavy atom. The second-order valence-electron chi connectivity index (χ2n) is 2.84. The number of nitrogens with zero attached hydrogens (tertiary/aromatic N) is 3. The van der Waals surface area contributed by atoms with Crippen molar-refractivity contribution in [3.8, 4) is 0 Å². The minimum atomic E-state index is 0.671. The first-order chi connectivity index (χ1) is 6.22. The minimum absolute atomic E-state index is 0.671. The molecular formula is C9H11N4+. The number of hydrogen-bond acceptors (Lipinski definition) is 3. The van der Waals surface area contributed by atoms with E-state index >= 15 is 0 Å². The molecule has 1 rings (SSSR count). The third kappa shape index (κ3) is 2.91. The van der Waals surface area contributed by atoms with Crippen molar-refractivity contribution < 1.29 is 0 Å². The van der Waals surface area contributed by atoms with Crippen molar-refractivity contribution in [3.05, 3.63) is 34.9 Å². The molecule has 66 valence electrons. The van der Waals surface area contributed by atoms with Crippen LogP contribution < -0.4 is 5.73 Å². The van der Waals surface area contributed by atoms with Crippen molar-refractivity contribution in [1.29, 1.82) is 5.39 Å². The highest BCUT2D eigenvalue weighted by Gasteiger charge is 1.99. The van der Waals surface area contributed by atoms with Crippen LogP contribution in [0.2, 0.25) is 0 Å². The summed E-state index contributed by atoms with van der Waals surface area (Å²) in [5, 5.41) is 14.4. The van der Waals surface area contributed by atoms with E-state index in [0.717, 1.165) is 17.0 Å². The maximum atomic E-state index is 8.18. The lowest BCUT2D eigenvalue weighted by Crippen LogP contribution is -1.96. The van der Waals surface area contributed by atoms with E-state index in [1.54, 1.807) is 6.92 Å². The monoisotopic (exact) mass is 175 g/mol. The fourth-order valence-electron chi connectivity index (χ4n) is 1.04. The van der Waals surface area contributed by atoms with Crippen LogP contribution in [0.25, 0.3) is 5.08 Å². The fraction of sp³-hybridized carbons (Fsp3) is 0.222. The van der Waals surface area contributed by atoms with Gasteiger partial charge in [-0.25, -0.2) is 0 Å². The maximum Gasteiger partial charge on any atom is 0.338 e. The molecule has 0 aliphatic rings. The van der Waals surface area contributed by atoms with Gasteiger partial charge in [-0.15, -0.1) is 0 Å². The van der Waals surface area contributed by atoms with Gasteiger partial charge in [0.2, 0.25) is 0 Å². The van der Waals surface area contributed by atoms with Crippen molar-refractivity contribution in [1.82, 2.24) is 0 Å². The zero-order valence-corrected chi connectivity index (χ0v) is 7.44. The Balaban J connectivity index is 2.71. The fourth-order valence-corrected chi connectivity index (χ4v) is 1.04. The van der Waals surface area contributed by atoms with Gasteiger partial charge in [0, 0.05) is 12.1 Å². The summed E-state index contributed by atoms with van der Waals surface area (Å²) in [5.74, 6) is 0. The van der Waals surface area contributed by atoms with E-state index in [4.69, 9.17) is 11.1 Å². The molecule has 0 spiro atoms. The third-order valence-corrected chi connectivity index (χ3v) is 1.66. The number of diazo groups is 1. The first kappa shape index (κ1) is 9.20. The number of nitrogens with two attached hydrogens (primary N) is 1. The average molecular weight is 175 g/mol. The standard InChI is InChI=1S/C9H11N4/c1-7(12-13-11)6-8-2-4-9(10)5-3-8/h2-5H,6,10H2,1H3/q+1/b12-7+. The lowest BCUT2D eigenvalue weighted by atomic mass is 10.1. The molecule has 0 amide bonds. The second kappa shape index (κ2) is 4.21. The quantitative estimate of drug-likeness (QED) is 0.323. The van der Waals surface area contributed by atoms with Gasteiger partial charge in [0.25, 0.3) is 5.39 Å². The summed E-state index contributed by atoms with van der Waals surface area (Å²) < 4.78 is 0. The van der Waals surface area contributed by atoms with Crippen LogP contribution in [0.1, 0.15) is 12.5 Å². The molecule has 0 fully saturated rings. The molecule has 0 saturated carbocycles. The Morgan fingerprint density at radius 2 is 2.08 bits per heavy atom. The van der Waals surface area contributed by atoms with Gasteiger partial charge in [0.1, 0.15) is 5.71 Å². The molecule has 4 heteroatoms. The molecule has 1 aromatic rings. The number of rotatable bonds is 2. The summed E-state index contributed by atoms with van der Waals surface area (Å²) in [6.45, 7) is 1.80. The summed E-state index contributed by atoms with van der Waals surface area (Å²) in [6, 6.07) is 7.51. The molecule has 2 N–H and O–H groups in total. The average Bonchev–Trinajstić information content (AvgIpc) is 2.09. The van der Waals surface area contributed by atoms with Crippen LogP contribution in [-0.4, -0.2) is 5.71 Å². The summed E-state index contributed by atoms with van der Waals surface area (Å²) in [7, 11) is 0. The van der Waals surface area contributed by atoms with E-state index in [2.05, 4.69) is 10.2 Å². The molecule has 0 radical (unpaired) electrons. The molecule has 13 heavy (non-hydrogen) atoms. The molecule has 0 unspecified atom stereocenters. The van der Waals surface area contributed by atoms with Crippen molar-refractivity contribution in [2.45, 2.75) is 13.3 Å². The van der Waals surface area contributed by atoms with E-state index in [1.807, 2.05) is 24.3 Å². The Labute approximate surface area is 76.7 Å². The van der Waals surface area contributed by atoms with Gasteiger partial charge in [-0.3, -0.25) is 0 Å². The van der Waals surface area contributed by atoms with E-state index < -0.39 is 0 Å². The van der Waals surface area contributed by atoms with E-state index in [1.165, 1.54) is 0 Å². The van der Waals surface area contributed by atoms with Gasteiger partial charge in [-0.2, -0.15) is 0 Å². The molecular weight excluding hydrogens is 164 g/mol. The highest BCUT2D eigenvalue weighted by molar-refractivity contribution is 5.84. The van der Waals surface area contributed by atoms with E-state index in [-0.39, 0.29) is 0 Å². The van der Waals surface area contributed by atoms with Crippen LogP contribution in [0, 0.1) is 5.39 Å². The van der Waals surface area contributed by atoms with Gasteiger partial charge in [0.15, 0.2) is 5.10 Å². The van der Waals surface area contributed by atoms with Gasteiger partial charge >= 0.3 is 5.08 Å². The Bertz CT molecular complexity index is 345. The first-order valence-corrected chi connectivity index (χ1v) is 3.94. The molecule has 0 aliphatic heterocycles. The van der Waals surface area contributed by atoms with Crippen LogP contribution in [0.15, 0.2) is 29.4 Å². The molecule has 0 aliphatic carbocycles. The highest BCUT2D eigenvalue weighted by Crippen LogP contribution is 2.06. The summed E-state index contributed by atoms with van der Waals surface area (Å²) >= 11 is 0.